The molecule has 2 heterocycles. The molecule has 0 bridgehead atoms. The maximum atomic E-state index is 11.9. The van der Waals surface area contributed by atoms with Gasteiger partial charge in [0.05, 0.1) is 11.5 Å². The minimum absolute atomic E-state index is 0.00507. The van der Waals surface area contributed by atoms with Gasteiger partial charge < -0.3 is 15.2 Å². The second-order valence-electron chi connectivity index (χ2n) is 4.39. The summed E-state index contributed by atoms with van der Waals surface area (Å²) in [5.74, 6) is -0.742. The third kappa shape index (κ3) is 1.82. The first-order chi connectivity index (χ1) is 9.61. The summed E-state index contributed by atoms with van der Waals surface area (Å²) in [7, 11) is 0. The highest BCUT2D eigenvalue weighted by molar-refractivity contribution is 6.30. The third-order valence-corrected chi connectivity index (χ3v) is 3.47. The predicted octanol–water partition coefficient (Wildman–Crippen LogP) is 1.96. The van der Waals surface area contributed by atoms with Gasteiger partial charge in [-0.1, -0.05) is 23.7 Å². The van der Waals surface area contributed by atoms with Crippen LogP contribution in [-0.2, 0) is 14.3 Å². The molecule has 100 valence electrons. The number of nitriles is 1. The molecule has 0 radical (unpaired) electrons. The first-order valence-corrected chi connectivity index (χ1v) is 6.23. The van der Waals surface area contributed by atoms with Crippen LogP contribution in [0, 0.1) is 11.3 Å². The van der Waals surface area contributed by atoms with E-state index in [1.165, 1.54) is 0 Å². The number of hydrogen-bond acceptors (Lipinski definition) is 5. The Hall–Kier alpha value is -2.45. The number of halogens is 1. The number of carbonyl (C=O) groups excluding carboxylic acids is 1. The van der Waals surface area contributed by atoms with E-state index in [-0.39, 0.29) is 18.1 Å². The van der Waals surface area contributed by atoms with E-state index < -0.39 is 11.9 Å². The molecule has 1 atom stereocenters. The van der Waals surface area contributed by atoms with Crippen LogP contribution in [0.4, 0.5) is 0 Å². The molecule has 0 saturated heterocycles. The van der Waals surface area contributed by atoms with E-state index in [4.69, 9.17) is 26.8 Å². The Morgan fingerprint density at radius 1 is 1.45 bits per heavy atom. The fourth-order valence-electron chi connectivity index (χ4n) is 2.38. The van der Waals surface area contributed by atoms with Crippen molar-refractivity contribution < 1.29 is 14.3 Å². The van der Waals surface area contributed by atoms with E-state index in [0.29, 0.717) is 21.9 Å². The minimum Gasteiger partial charge on any atom is -0.454 e. The van der Waals surface area contributed by atoms with Gasteiger partial charge in [0.25, 0.3) is 0 Å². The molecule has 3 rings (SSSR count). The van der Waals surface area contributed by atoms with Gasteiger partial charge in [0, 0.05) is 5.02 Å². The number of esters is 1. The summed E-state index contributed by atoms with van der Waals surface area (Å²) in [4.78, 5) is 11.9. The smallest absolute Gasteiger partial charge is 0.339 e. The average Bonchev–Trinajstić information content (AvgIpc) is 2.78. The zero-order valence-electron chi connectivity index (χ0n) is 10.2. The third-order valence-electron chi connectivity index (χ3n) is 3.23. The molecule has 5 nitrogen and oxygen atoms in total. The summed E-state index contributed by atoms with van der Waals surface area (Å²) in [6.45, 7) is 0.0324. The molecule has 0 aliphatic carbocycles. The number of nitrogens with two attached hydrogens (primary N) is 1. The number of benzene rings is 1. The lowest BCUT2D eigenvalue weighted by Gasteiger charge is -2.23. The van der Waals surface area contributed by atoms with Crippen molar-refractivity contribution in [1.29, 1.82) is 5.26 Å². The van der Waals surface area contributed by atoms with Crippen LogP contribution in [0.15, 0.2) is 47.1 Å². The van der Waals surface area contributed by atoms with Crippen LogP contribution < -0.4 is 5.73 Å². The van der Waals surface area contributed by atoms with Crippen molar-refractivity contribution in [3.63, 3.8) is 0 Å². The maximum absolute atomic E-state index is 11.9. The lowest BCUT2D eigenvalue weighted by molar-refractivity contribution is -0.136. The van der Waals surface area contributed by atoms with E-state index in [1.807, 2.05) is 6.07 Å². The Morgan fingerprint density at radius 2 is 2.25 bits per heavy atom. The van der Waals surface area contributed by atoms with E-state index in [0.717, 1.165) is 0 Å². The van der Waals surface area contributed by atoms with Gasteiger partial charge in [-0.2, -0.15) is 5.26 Å². The molecule has 2 aliphatic rings. The van der Waals surface area contributed by atoms with E-state index in [1.54, 1.807) is 24.3 Å². The monoisotopic (exact) mass is 288 g/mol. The number of carbonyl (C=O) groups is 1. The van der Waals surface area contributed by atoms with Crippen LogP contribution in [0.2, 0.25) is 5.02 Å². The molecule has 0 saturated carbocycles. The van der Waals surface area contributed by atoms with Gasteiger partial charge in [-0.05, 0) is 17.7 Å². The molecular formula is C14H9ClN2O3. The lowest BCUT2D eigenvalue weighted by Crippen LogP contribution is -2.21. The SMILES string of the molecule is N#CC1=C(N)OC2=C(C(=O)OC2)C1c1cccc(Cl)c1. The highest BCUT2D eigenvalue weighted by Crippen LogP contribution is 2.42. The topological polar surface area (TPSA) is 85.3 Å². The van der Waals surface area contributed by atoms with Crippen molar-refractivity contribution in [2.45, 2.75) is 5.92 Å². The Labute approximate surface area is 119 Å². The summed E-state index contributed by atoms with van der Waals surface area (Å²) in [6.07, 6.45) is 0. The van der Waals surface area contributed by atoms with Crippen LogP contribution in [0.1, 0.15) is 11.5 Å². The zero-order chi connectivity index (χ0) is 14.3. The van der Waals surface area contributed by atoms with E-state index >= 15 is 0 Å². The normalized spacial score (nSPS) is 21.2. The first-order valence-electron chi connectivity index (χ1n) is 5.85. The van der Waals surface area contributed by atoms with Gasteiger partial charge >= 0.3 is 5.97 Å². The average molecular weight is 289 g/mol. The van der Waals surface area contributed by atoms with E-state index in [2.05, 4.69) is 0 Å². The molecule has 2 N–H and O–H groups in total. The van der Waals surface area contributed by atoms with Crippen molar-refractivity contribution in [1.82, 2.24) is 0 Å². The van der Waals surface area contributed by atoms with E-state index in [9.17, 15) is 10.1 Å². The molecular weight excluding hydrogens is 280 g/mol. The van der Waals surface area contributed by atoms with Crippen LogP contribution in [-0.4, -0.2) is 12.6 Å². The Balaban J connectivity index is 2.19. The molecule has 1 unspecified atom stereocenters. The molecule has 0 fully saturated rings. The fraction of sp³-hybridized carbons (Fsp3) is 0.143. The number of nitrogens with zero attached hydrogens (tertiary/aromatic N) is 1. The van der Waals surface area contributed by atoms with Gasteiger partial charge in [-0.25, -0.2) is 4.79 Å². The van der Waals surface area contributed by atoms with Gasteiger partial charge in [-0.15, -0.1) is 0 Å². The second kappa shape index (κ2) is 4.58. The minimum atomic E-state index is -0.600. The fourth-order valence-corrected chi connectivity index (χ4v) is 2.58. The summed E-state index contributed by atoms with van der Waals surface area (Å²) >= 11 is 5.98. The van der Waals surface area contributed by atoms with Gasteiger partial charge in [-0.3, -0.25) is 0 Å². The highest BCUT2D eigenvalue weighted by atomic mass is 35.5. The molecule has 0 aromatic heterocycles. The van der Waals surface area contributed by atoms with Crippen molar-refractivity contribution >= 4 is 17.6 Å². The van der Waals surface area contributed by atoms with Crippen molar-refractivity contribution in [2.24, 2.45) is 5.73 Å². The first kappa shape index (κ1) is 12.6. The van der Waals surface area contributed by atoms with Crippen molar-refractivity contribution in [2.75, 3.05) is 6.61 Å². The zero-order valence-corrected chi connectivity index (χ0v) is 11.0. The molecule has 2 aliphatic heterocycles. The molecule has 1 aromatic carbocycles. The molecule has 6 heteroatoms. The summed E-state index contributed by atoms with van der Waals surface area (Å²) in [5, 5.41) is 9.81. The molecule has 20 heavy (non-hydrogen) atoms. The van der Waals surface area contributed by atoms with Gasteiger partial charge in [0.15, 0.2) is 5.76 Å². The maximum Gasteiger partial charge on any atom is 0.339 e. The number of rotatable bonds is 1. The van der Waals surface area contributed by atoms with Crippen LogP contribution >= 0.6 is 11.6 Å². The van der Waals surface area contributed by atoms with Gasteiger partial charge in [0.2, 0.25) is 5.88 Å². The van der Waals surface area contributed by atoms with Crippen molar-refractivity contribution in [3.8, 4) is 6.07 Å². The highest BCUT2D eigenvalue weighted by Gasteiger charge is 2.41. The number of hydrogen-bond donors (Lipinski definition) is 1. The van der Waals surface area contributed by atoms with Crippen molar-refractivity contribution in [3.05, 3.63) is 57.6 Å². The molecule has 1 aromatic rings. The van der Waals surface area contributed by atoms with Gasteiger partial charge in [0.1, 0.15) is 18.2 Å². The standard InChI is InChI=1S/C14H9ClN2O3/c15-8-3-1-2-7(4-8)11-9(5-16)13(17)20-10-6-19-14(18)12(10)11/h1-4,11H,6,17H2. The number of cyclic esters (lactones) is 1. The predicted molar refractivity (Wildman–Crippen MR) is 70.1 cm³/mol. The quantitative estimate of drug-likeness (QED) is 0.798. The lowest BCUT2D eigenvalue weighted by atomic mass is 9.83. The van der Waals surface area contributed by atoms with Crippen LogP contribution in [0.25, 0.3) is 0 Å². The molecule has 0 amide bonds. The number of ether oxygens (including phenoxy) is 2. The molecule has 0 spiro atoms. The Bertz CT molecular complexity index is 715. The second-order valence-corrected chi connectivity index (χ2v) is 4.83. The van der Waals surface area contributed by atoms with Crippen LogP contribution in [0.3, 0.4) is 0 Å². The van der Waals surface area contributed by atoms with Crippen LogP contribution in [0.5, 0.6) is 0 Å². The summed E-state index contributed by atoms with van der Waals surface area (Å²) in [6, 6.07) is 8.94. The summed E-state index contributed by atoms with van der Waals surface area (Å²) < 4.78 is 10.3. The number of allylic oxidation sites excluding steroid dienone is 1. The summed E-state index contributed by atoms with van der Waals surface area (Å²) in [5.41, 5.74) is 6.96. The Kier molecular flexibility index (Phi) is 2.88. The largest absolute Gasteiger partial charge is 0.454 e. The Morgan fingerprint density at radius 3 is 2.95 bits per heavy atom.